The summed E-state index contributed by atoms with van der Waals surface area (Å²) in [7, 11) is 0. The van der Waals surface area contributed by atoms with Gasteiger partial charge in [0.25, 0.3) is 0 Å². The van der Waals surface area contributed by atoms with Crippen molar-refractivity contribution in [1.29, 1.82) is 0 Å². The molecule has 0 saturated carbocycles. The maximum atomic E-state index is 6.20. The number of hydrogen-bond donors (Lipinski definition) is 1. The van der Waals surface area contributed by atoms with Crippen molar-refractivity contribution in [1.82, 2.24) is 4.90 Å². The summed E-state index contributed by atoms with van der Waals surface area (Å²) >= 11 is 0. The highest BCUT2D eigenvalue weighted by Gasteiger charge is 2.39. The van der Waals surface area contributed by atoms with E-state index in [9.17, 15) is 0 Å². The maximum Gasteiger partial charge on any atom is 0.0702 e. The summed E-state index contributed by atoms with van der Waals surface area (Å²) in [5.41, 5.74) is 6.31. The number of rotatable bonds is 4. The first-order valence-corrected chi connectivity index (χ1v) is 5.85. The molecule has 0 spiro atoms. The van der Waals surface area contributed by atoms with Crippen LogP contribution in [0.5, 0.6) is 0 Å². The van der Waals surface area contributed by atoms with Crippen molar-refractivity contribution in [2.24, 2.45) is 5.73 Å². The van der Waals surface area contributed by atoms with Gasteiger partial charge in [-0.05, 0) is 19.3 Å². The van der Waals surface area contributed by atoms with Crippen LogP contribution in [0, 0.1) is 0 Å². The average molecular weight is 198 g/mol. The van der Waals surface area contributed by atoms with Gasteiger partial charge in [0.2, 0.25) is 0 Å². The standard InChI is InChI=1S/C11H22N2O/c1-2-5-11(12)8-13(9-11)7-10-4-3-6-14-10/h10H,2-9,12H2,1H3. The highest BCUT2D eigenvalue weighted by Crippen LogP contribution is 2.25. The van der Waals surface area contributed by atoms with E-state index in [1.807, 2.05) is 0 Å². The lowest BCUT2D eigenvalue weighted by Gasteiger charge is -2.48. The Labute approximate surface area is 86.6 Å². The molecule has 14 heavy (non-hydrogen) atoms. The normalized spacial score (nSPS) is 31.7. The molecule has 2 aliphatic heterocycles. The number of hydrogen-bond acceptors (Lipinski definition) is 3. The number of likely N-dealkylation sites (tertiary alicyclic amines) is 1. The van der Waals surface area contributed by atoms with Crippen LogP contribution in [0.25, 0.3) is 0 Å². The van der Waals surface area contributed by atoms with Gasteiger partial charge in [-0.3, -0.25) is 4.90 Å². The molecule has 2 fully saturated rings. The predicted molar refractivity (Wildman–Crippen MR) is 57.2 cm³/mol. The number of ether oxygens (including phenoxy) is 1. The molecule has 2 aliphatic rings. The van der Waals surface area contributed by atoms with E-state index in [0.29, 0.717) is 6.10 Å². The fraction of sp³-hybridized carbons (Fsp3) is 1.00. The third-order valence-electron chi connectivity index (χ3n) is 3.31. The Hall–Kier alpha value is -0.120. The third-order valence-corrected chi connectivity index (χ3v) is 3.31. The average Bonchev–Trinajstić information content (AvgIpc) is 2.54. The lowest BCUT2D eigenvalue weighted by molar-refractivity contribution is 0.00760. The first kappa shape index (κ1) is 10.4. The predicted octanol–water partition coefficient (Wildman–Crippen LogP) is 0.979. The zero-order valence-electron chi connectivity index (χ0n) is 9.17. The Morgan fingerprint density at radius 3 is 2.86 bits per heavy atom. The molecule has 1 atom stereocenters. The molecular weight excluding hydrogens is 176 g/mol. The van der Waals surface area contributed by atoms with E-state index in [-0.39, 0.29) is 5.54 Å². The lowest BCUT2D eigenvalue weighted by atomic mass is 9.86. The molecule has 82 valence electrons. The molecule has 2 rings (SSSR count). The molecule has 0 aromatic rings. The highest BCUT2D eigenvalue weighted by molar-refractivity contribution is 5.00. The summed E-state index contributed by atoms with van der Waals surface area (Å²) in [5.74, 6) is 0. The van der Waals surface area contributed by atoms with E-state index in [1.165, 1.54) is 19.3 Å². The Balaban J connectivity index is 1.66. The van der Waals surface area contributed by atoms with Crippen LogP contribution in [0.2, 0.25) is 0 Å². The molecule has 2 heterocycles. The van der Waals surface area contributed by atoms with Gasteiger partial charge in [-0.2, -0.15) is 0 Å². The fourth-order valence-corrected chi connectivity index (χ4v) is 2.71. The summed E-state index contributed by atoms with van der Waals surface area (Å²) < 4.78 is 5.60. The van der Waals surface area contributed by atoms with Crippen LogP contribution in [-0.2, 0) is 4.74 Å². The number of nitrogens with zero attached hydrogens (tertiary/aromatic N) is 1. The van der Waals surface area contributed by atoms with Gasteiger partial charge < -0.3 is 10.5 Å². The molecule has 0 aromatic heterocycles. The van der Waals surface area contributed by atoms with E-state index >= 15 is 0 Å². The molecule has 0 amide bonds. The van der Waals surface area contributed by atoms with Gasteiger partial charge in [0, 0.05) is 31.8 Å². The fourth-order valence-electron chi connectivity index (χ4n) is 2.71. The minimum Gasteiger partial charge on any atom is -0.377 e. The van der Waals surface area contributed by atoms with Gasteiger partial charge in [0.15, 0.2) is 0 Å². The summed E-state index contributed by atoms with van der Waals surface area (Å²) in [6.07, 6.45) is 5.32. The van der Waals surface area contributed by atoms with Crippen molar-refractivity contribution in [2.75, 3.05) is 26.2 Å². The van der Waals surface area contributed by atoms with E-state index in [4.69, 9.17) is 10.5 Å². The second-order valence-electron chi connectivity index (χ2n) is 4.92. The van der Waals surface area contributed by atoms with Crippen molar-refractivity contribution in [3.8, 4) is 0 Å². The lowest BCUT2D eigenvalue weighted by Crippen LogP contribution is -2.67. The summed E-state index contributed by atoms with van der Waals surface area (Å²) in [6, 6.07) is 0. The molecule has 0 aliphatic carbocycles. The molecule has 0 aromatic carbocycles. The molecule has 3 nitrogen and oxygen atoms in total. The van der Waals surface area contributed by atoms with Crippen LogP contribution in [-0.4, -0.2) is 42.8 Å². The molecule has 1 unspecified atom stereocenters. The molecule has 0 bridgehead atoms. The highest BCUT2D eigenvalue weighted by atomic mass is 16.5. The second kappa shape index (κ2) is 4.17. The SMILES string of the molecule is CCCC1(N)CN(CC2CCCO2)C1. The van der Waals surface area contributed by atoms with Crippen molar-refractivity contribution >= 4 is 0 Å². The van der Waals surface area contributed by atoms with Gasteiger partial charge in [-0.1, -0.05) is 13.3 Å². The molecule has 2 saturated heterocycles. The third kappa shape index (κ3) is 2.27. The maximum absolute atomic E-state index is 6.20. The van der Waals surface area contributed by atoms with Crippen LogP contribution in [0.3, 0.4) is 0 Å². The van der Waals surface area contributed by atoms with Crippen molar-refractivity contribution < 1.29 is 4.74 Å². The van der Waals surface area contributed by atoms with E-state index in [0.717, 1.165) is 32.7 Å². The van der Waals surface area contributed by atoms with Gasteiger partial charge >= 0.3 is 0 Å². The van der Waals surface area contributed by atoms with Crippen molar-refractivity contribution in [3.63, 3.8) is 0 Å². The zero-order chi connectivity index (χ0) is 10.0. The van der Waals surface area contributed by atoms with E-state index in [2.05, 4.69) is 11.8 Å². The Kier molecular flexibility index (Phi) is 3.10. The largest absolute Gasteiger partial charge is 0.377 e. The van der Waals surface area contributed by atoms with Crippen LogP contribution < -0.4 is 5.73 Å². The van der Waals surface area contributed by atoms with E-state index in [1.54, 1.807) is 0 Å². The summed E-state index contributed by atoms with van der Waals surface area (Å²) in [6.45, 7) is 6.41. The Morgan fingerprint density at radius 1 is 1.50 bits per heavy atom. The van der Waals surface area contributed by atoms with Gasteiger partial charge in [-0.25, -0.2) is 0 Å². The van der Waals surface area contributed by atoms with Crippen molar-refractivity contribution in [2.45, 2.75) is 44.2 Å². The quantitative estimate of drug-likeness (QED) is 0.732. The summed E-state index contributed by atoms with van der Waals surface area (Å²) in [4.78, 5) is 2.44. The minimum absolute atomic E-state index is 0.118. The van der Waals surface area contributed by atoms with E-state index < -0.39 is 0 Å². The monoisotopic (exact) mass is 198 g/mol. The van der Waals surface area contributed by atoms with Crippen LogP contribution in [0.4, 0.5) is 0 Å². The zero-order valence-corrected chi connectivity index (χ0v) is 9.17. The van der Waals surface area contributed by atoms with Crippen LogP contribution in [0.1, 0.15) is 32.6 Å². The second-order valence-corrected chi connectivity index (χ2v) is 4.92. The van der Waals surface area contributed by atoms with Crippen LogP contribution in [0.15, 0.2) is 0 Å². The Morgan fingerprint density at radius 2 is 2.29 bits per heavy atom. The minimum atomic E-state index is 0.118. The topological polar surface area (TPSA) is 38.5 Å². The first-order chi connectivity index (χ1) is 6.72. The van der Waals surface area contributed by atoms with Gasteiger partial charge in [0.05, 0.1) is 6.10 Å². The van der Waals surface area contributed by atoms with Crippen LogP contribution >= 0.6 is 0 Å². The molecule has 2 N–H and O–H groups in total. The van der Waals surface area contributed by atoms with Gasteiger partial charge in [-0.15, -0.1) is 0 Å². The summed E-state index contributed by atoms with van der Waals surface area (Å²) in [5, 5.41) is 0. The molecule has 0 radical (unpaired) electrons. The van der Waals surface area contributed by atoms with Crippen molar-refractivity contribution in [3.05, 3.63) is 0 Å². The number of nitrogens with two attached hydrogens (primary N) is 1. The first-order valence-electron chi connectivity index (χ1n) is 5.85. The molecule has 3 heteroatoms. The van der Waals surface area contributed by atoms with Gasteiger partial charge in [0.1, 0.15) is 0 Å². The smallest absolute Gasteiger partial charge is 0.0702 e. The molecular formula is C11H22N2O. The Bertz CT molecular complexity index is 184.